The SMILES string of the molecule is COC(=O)CN1CCC[C@H](NS(=O)(=O)Cc2ccccc2)C1=O. The second-order valence-corrected chi connectivity index (χ2v) is 7.15. The molecule has 1 aliphatic heterocycles. The van der Waals surface area contributed by atoms with Crippen molar-refractivity contribution in [3.8, 4) is 0 Å². The van der Waals surface area contributed by atoms with Gasteiger partial charge in [-0.15, -0.1) is 0 Å². The number of sulfonamides is 1. The van der Waals surface area contributed by atoms with E-state index in [0.29, 0.717) is 24.9 Å². The molecule has 7 nitrogen and oxygen atoms in total. The van der Waals surface area contributed by atoms with Gasteiger partial charge in [-0.25, -0.2) is 13.1 Å². The molecule has 1 N–H and O–H groups in total. The van der Waals surface area contributed by atoms with Crippen molar-refractivity contribution in [3.05, 3.63) is 35.9 Å². The van der Waals surface area contributed by atoms with Gasteiger partial charge in [-0.05, 0) is 18.4 Å². The van der Waals surface area contributed by atoms with Crippen molar-refractivity contribution in [1.82, 2.24) is 9.62 Å². The lowest BCUT2D eigenvalue weighted by Crippen LogP contribution is -2.53. The van der Waals surface area contributed by atoms with Gasteiger partial charge in [0.25, 0.3) is 0 Å². The van der Waals surface area contributed by atoms with Gasteiger partial charge in [0.1, 0.15) is 12.6 Å². The molecular formula is C15H20N2O5S. The van der Waals surface area contributed by atoms with Crippen LogP contribution in [0.4, 0.5) is 0 Å². The molecule has 0 saturated carbocycles. The summed E-state index contributed by atoms with van der Waals surface area (Å²) >= 11 is 0. The monoisotopic (exact) mass is 340 g/mol. The smallest absolute Gasteiger partial charge is 0.325 e. The summed E-state index contributed by atoms with van der Waals surface area (Å²) in [6, 6.07) is 7.92. The maximum atomic E-state index is 12.3. The van der Waals surface area contributed by atoms with E-state index in [1.165, 1.54) is 12.0 Å². The van der Waals surface area contributed by atoms with Crippen molar-refractivity contribution in [2.45, 2.75) is 24.6 Å². The average Bonchev–Trinajstić information content (AvgIpc) is 2.51. The van der Waals surface area contributed by atoms with Crippen molar-refractivity contribution in [1.29, 1.82) is 0 Å². The summed E-state index contributed by atoms with van der Waals surface area (Å²) in [5.74, 6) is -1.10. The molecule has 23 heavy (non-hydrogen) atoms. The van der Waals surface area contributed by atoms with Gasteiger partial charge < -0.3 is 9.64 Å². The number of nitrogens with zero attached hydrogens (tertiary/aromatic N) is 1. The first-order valence-corrected chi connectivity index (χ1v) is 8.96. The Morgan fingerprint density at radius 1 is 1.35 bits per heavy atom. The van der Waals surface area contributed by atoms with Crippen LogP contribution in [-0.2, 0) is 30.1 Å². The van der Waals surface area contributed by atoms with Crippen LogP contribution in [0.5, 0.6) is 0 Å². The van der Waals surface area contributed by atoms with Crippen LogP contribution in [0.2, 0.25) is 0 Å². The highest BCUT2D eigenvalue weighted by Crippen LogP contribution is 2.14. The molecular weight excluding hydrogens is 320 g/mol. The summed E-state index contributed by atoms with van der Waals surface area (Å²) in [4.78, 5) is 24.9. The Morgan fingerprint density at radius 3 is 2.70 bits per heavy atom. The minimum Gasteiger partial charge on any atom is -0.468 e. The van der Waals surface area contributed by atoms with Gasteiger partial charge in [0.15, 0.2) is 0 Å². The fraction of sp³-hybridized carbons (Fsp3) is 0.467. The third-order valence-corrected chi connectivity index (χ3v) is 4.96. The summed E-state index contributed by atoms with van der Waals surface area (Å²) in [5.41, 5.74) is 0.648. The summed E-state index contributed by atoms with van der Waals surface area (Å²) in [7, 11) is -2.39. The maximum Gasteiger partial charge on any atom is 0.325 e. The molecule has 8 heteroatoms. The highest BCUT2D eigenvalue weighted by Gasteiger charge is 2.32. The van der Waals surface area contributed by atoms with Gasteiger partial charge in [0, 0.05) is 6.54 Å². The van der Waals surface area contributed by atoms with Gasteiger partial charge in [-0.1, -0.05) is 30.3 Å². The molecule has 0 radical (unpaired) electrons. The van der Waals surface area contributed by atoms with Crippen LogP contribution in [0.15, 0.2) is 30.3 Å². The number of nitrogens with one attached hydrogen (secondary N) is 1. The quantitative estimate of drug-likeness (QED) is 0.751. The molecule has 0 spiro atoms. The average molecular weight is 340 g/mol. The molecule has 1 aromatic rings. The number of rotatable bonds is 6. The number of likely N-dealkylation sites (tertiary alicyclic amines) is 1. The van der Waals surface area contributed by atoms with Crippen LogP contribution in [0.1, 0.15) is 18.4 Å². The van der Waals surface area contributed by atoms with E-state index in [2.05, 4.69) is 9.46 Å². The first-order chi connectivity index (χ1) is 10.9. The molecule has 1 atom stereocenters. The maximum absolute atomic E-state index is 12.3. The number of piperidine rings is 1. The molecule has 0 aromatic heterocycles. The van der Waals surface area contributed by atoms with E-state index >= 15 is 0 Å². The van der Waals surface area contributed by atoms with E-state index in [9.17, 15) is 18.0 Å². The predicted molar refractivity (Wildman–Crippen MR) is 83.8 cm³/mol. The van der Waals surface area contributed by atoms with E-state index in [-0.39, 0.29) is 12.3 Å². The van der Waals surface area contributed by atoms with E-state index in [1.807, 2.05) is 0 Å². The molecule has 1 amide bonds. The number of hydrogen-bond acceptors (Lipinski definition) is 5. The normalized spacial score (nSPS) is 18.7. The minimum atomic E-state index is -3.64. The number of hydrogen-bond donors (Lipinski definition) is 1. The Hall–Kier alpha value is -1.93. The van der Waals surface area contributed by atoms with Gasteiger partial charge in [0.2, 0.25) is 15.9 Å². The fourth-order valence-electron chi connectivity index (χ4n) is 2.48. The zero-order valence-electron chi connectivity index (χ0n) is 12.9. The van der Waals surface area contributed by atoms with Gasteiger partial charge >= 0.3 is 5.97 Å². The Kier molecular flexibility index (Phi) is 5.73. The van der Waals surface area contributed by atoms with Crippen molar-refractivity contribution in [2.24, 2.45) is 0 Å². The van der Waals surface area contributed by atoms with Gasteiger partial charge in [0.05, 0.1) is 12.9 Å². The van der Waals surface area contributed by atoms with E-state index in [0.717, 1.165) is 0 Å². The summed E-state index contributed by atoms with van der Waals surface area (Å²) in [6.07, 6.45) is 1.05. The van der Waals surface area contributed by atoms with E-state index < -0.39 is 27.9 Å². The van der Waals surface area contributed by atoms with Gasteiger partial charge in [-0.3, -0.25) is 9.59 Å². The molecule has 1 aliphatic rings. The predicted octanol–water partition coefficient (Wildman–Crippen LogP) is 0.270. The number of methoxy groups -OCH3 is 1. The van der Waals surface area contributed by atoms with Crippen molar-refractivity contribution < 1.29 is 22.7 Å². The number of benzene rings is 1. The third-order valence-electron chi connectivity index (χ3n) is 3.60. The van der Waals surface area contributed by atoms with Gasteiger partial charge in [-0.2, -0.15) is 0 Å². The highest BCUT2D eigenvalue weighted by atomic mass is 32.2. The molecule has 2 rings (SSSR count). The Balaban J connectivity index is 2.00. The first kappa shape index (κ1) is 17.4. The van der Waals surface area contributed by atoms with Crippen molar-refractivity contribution in [2.75, 3.05) is 20.2 Å². The topological polar surface area (TPSA) is 92.8 Å². The van der Waals surface area contributed by atoms with Crippen LogP contribution >= 0.6 is 0 Å². The molecule has 1 saturated heterocycles. The van der Waals surface area contributed by atoms with Crippen LogP contribution in [0, 0.1) is 0 Å². The number of ether oxygens (including phenoxy) is 1. The molecule has 1 fully saturated rings. The van der Waals surface area contributed by atoms with Crippen LogP contribution in [0.3, 0.4) is 0 Å². The minimum absolute atomic E-state index is 0.160. The Morgan fingerprint density at radius 2 is 2.04 bits per heavy atom. The molecule has 0 aliphatic carbocycles. The molecule has 1 heterocycles. The van der Waals surface area contributed by atoms with Crippen LogP contribution in [0.25, 0.3) is 0 Å². The summed E-state index contributed by atoms with van der Waals surface area (Å²) in [6.45, 7) is 0.261. The second-order valence-electron chi connectivity index (χ2n) is 5.39. The van der Waals surface area contributed by atoms with E-state index in [4.69, 9.17) is 0 Å². The number of carbonyl (C=O) groups excluding carboxylic acids is 2. The number of carbonyl (C=O) groups is 2. The summed E-state index contributed by atoms with van der Waals surface area (Å²) < 4.78 is 31.4. The lowest BCUT2D eigenvalue weighted by atomic mass is 10.1. The van der Waals surface area contributed by atoms with Crippen molar-refractivity contribution in [3.63, 3.8) is 0 Å². The van der Waals surface area contributed by atoms with E-state index in [1.54, 1.807) is 30.3 Å². The van der Waals surface area contributed by atoms with Crippen LogP contribution < -0.4 is 4.72 Å². The molecule has 1 aromatic carbocycles. The number of esters is 1. The standard InChI is InChI=1S/C15H20N2O5S/c1-22-14(18)10-17-9-5-8-13(15(17)19)16-23(20,21)11-12-6-3-2-4-7-12/h2-4,6-7,13,16H,5,8-11H2,1H3/t13-/m0/s1. The van der Waals surface area contributed by atoms with Crippen LogP contribution in [-0.4, -0.2) is 51.4 Å². The largest absolute Gasteiger partial charge is 0.468 e. The molecule has 0 bridgehead atoms. The molecule has 0 unspecified atom stereocenters. The number of amides is 1. The summed E-state index contributed by atoms with van der Waals surface area (Å²) in [5, 5.41) is 0. The Bertz CT molecular complexity index is 660. The lowest BCUT2D eigenvalue weighted by Gasteiger charge is -2.31. The lowest BCUT2D eigenvalue weighted by molar-refractivity contribution is -0.148. The zero-order valence-corrected chi connectivity index (χ0v) is 13.7. The second kappa shape index (κ2) is 7.56. The molecule has 126 valence electrons. The first-order valence-electron chi connectivity index (χ1n) is 7.31. The Labute approximate surface area is 135 Å². The van der Waals surface area contributed by atoms with Crippen molar-refractivity contribution >= 4 is 21.9 Å². The third kappa shape index (κ3) is 5.04. The zero-order chi connectivity index (χ0) is 16.9. The highest BCUT2D eigenvalue weighted by molar-refractivity contribution is 7.88. The fourth-order valence-corrected chi connectivity index (χ4v) is 3.85.